The van der Waals surface area contributed by atoms with Crippen molar-refractivity contribution in [3.8, 4) is 0 Å². The monoisotopic (exact) mass is 351 g/mol. The molecule has 2 unspecified atom stereocenters. The third kappa shape index (κ3) is 5.20. The molecule has 1 aromatic rings. The molecule has 0 bridgehead atoms. The Morgan fingerprint density at radius 2 is 2.28 bits per heavy atom. The Bertz CT molecular complexity index is 620. The topological polar surface area (TPSA) is 103 Å². The highest BCUT2D eigenvalue weighted by Crippen LogP contribution is 2.26. The van der Waals surface area contributed by atoms with Gasteiger partial charge in [0, 0.05) is 13.6 Å². The molecule has 8 nitrogen and oxygen atoms in total. The maximum Gasteiger partial charge on any atom is 0.408 e. The molecule has 0 fully saturated rings. The Morgan fingerprint density at radius 3 is 2.92 bits per heavy atom. The average molecular weight is 351 g/mol. The fourth-order valence-corrected chi connectivity index (χ4v) is 2.60. The van der Waals surface area contributed by atoms with Crippen molar-refractivity contribution >= 4 is 11.9 Å². The van der Waals surface area contributed by atoms with E-state index in [1.165, 1.54) is 0 Å². The molecule has 0 aromatic carbocycles. The van der Waals surface area contributed by atoms with Gasteiger partial charge in [-0.15, -0.1) is 0 Å². The van der Waals surface area contributed by atoms with Crippen molar-refractivity contribution in [1.82, 2.24) is 20.6 Å². The first-order valence-electron chi connectivity index (χ1n) is 8.55. The lowest BCUT2D eigenvalue weighted by Gasteiger charge is -2.29. The van der Waals surface area contributed by atoms with Crippen LogP contribution < -0.4 is 15.5 Å². The van der Waals surface area contributed by atoms with Crippen LogP contribution >= 0.6 is 0 Å². The number of hydrogen-bond donors (Lipinski definition) is 4. The van der Waals surface area contributed by atoms with E-state index in [1.54, 1.807) is 11.9 Å². The number of allylic oxidation sites excluding steroid dienone is 2. The number of rotatable bonds is 5. The number of aromatic amines is 1. The summed E-state index contributed by atoms with van der Waals surface area (Å²) in [6, 6.07) is -0.304. The van der Waals surface area contributed by atoms with Gasteiger partial charge in [0.15, 0.2) is 12.2 Å². The van der Waals surface area contributed by atoms with Gasteiger partial charge >= 0.3 is 6.09 Å². The van der Waals surface area contributed by atoms with E-state index in [0.29, 0.717) is 24.6 Å². The van der Waals surface area contributed by atoms with Crippen LogP contribution in [0.25, 0.3) is 0 Å². The summed E-state index contributed by atoms with van der Waals surface area (Å²) in [7, 11) is 1.76. The van der Waals surface area contributed by atoms with E-state index in [0.717, 1.165) is 12.1 Å². The number of amides is 1. The Balaban J connectivity index is 2.18. The maximum absolute atomic E-state index is 12.2. The van der Waals surface area contributed by atoms with Crippen LogP contribution in [-0.2, 0) is 11.3 Å². The van der Waals surface area contributed by atoms with Crippen molar-refractivity contribution in [2.45, 2.75) is 65.1 Å². The molecule has 0 saturated heterocycles. The molecule has 2 heterocycles. The summed E-state index contributed by atoms with van der Waals surface area (Å²) in [5.41, 5.74) is 0.319. The van der Waals surface area contributed by atoms with E-state index >= 15 is 0 Å². The molecule has 25 heavy (non-hydrogen) atoms. The quantitative estimate of drug-likeness (QED) is 0.606. The Morgan fingerprint density at radius 1 is 1.56 bits per heavy atom. The van der Waals surface area contributed by atoms with Crippen molar-refractivity contribution < 1.29 is 14.6 Å². The first-order chi connectivity index (χ1) is 11.7. The molecular formula is C17H29N5O3. The van der Waals surface area contributed by atoms with Crippen LogP contribution in [0.3, 0.4) is 0 Å². The summed E-state index contributed by atoms with van der Waals surface area (Å²) in [5, 5.41) is 15.7. The predicted molar refractivity (Wildman–Crippen MR) is 96.0 cm³/mol. The first kappa shape index (κ1) is 19.3. The number of hydrogen-bond acceptors (Lipinski definition) is 6. The number of aliphatic hydroxyl groups is 1. The molecule has 0 spiro atoms. The van der Waals surface area contributed by atoms with Crippen LogP contribution in [0.1, 0.15) is 58.1 Å². The minimum absolute atomic E-state index is 0.304. The zero-order valence-corrected chi connectivity index (χ0v) is 15.6. The lowest BCUT2D eigenvalue weighted by Crippen LogP contribution is -2.47. The standard InChI is InChI=1S/C17H29N5O3/c1-6-7-8-9-11(20-16(24)25-17(2,3)4)13-19-12-10-18-15(23)22(5)14(12)21-13/h6-7,11,15,18,23H,8-10H2,1-5H3,(H,19,21)(H,20,24)/b7-6-. The molecule has 140 valence electrons. The minimum Gasteiger partial charge on any atom is -0.444 e. The van der Waals surface area contributed by atoms with E-state index in [-0.39, 0.29) is 6.04 Å². The zero-order chi connectivity index (χ0) is 18.6. The van der Waals surface area contributed by atoms with E-state index in [4.69, 9.17) is 4.74 Å². The number of carbonyl (C=O) groups is 1. The number of anilines is 1. The lowest BCUT2D eigenvalue weighted by molar-refractivity contribution is 0.0499. The number of aliphatic hydroxyl groups excluding tert-OH is 1. The highest BCUT2D eigenvalue weighted by atomic mass is 16.6. The van der Waals surface area contributed by atoms with Crippen LogP contribution in [-0.4, -0.2) is 40.2 Å². The number of aromatic nitrogens is 2. The normalized spacial score (nSPS) is 19.0. The fourth-order valence-electron chi connectivity index (χ4n) is 2.60. The van der Waals surface area contributed by atoms with Gasteiger partial charge in [-0.3, -0.25) is 5.32 Å². The second kappa shape index (κ2) is 7.88. The number of alkyl carbamates (subject to hydrolysis) is 1. The largest absolute Gasteiger partial charge is 0.444 e. The molecule has 2 rings (SSSR count). The molecule has 2 atom stereocenters. The summed E-state index contributed by atoms with van der Waals surface area (Å²) in [5.74, 6) is 1.34. The summed E-state index contributed by atoms with van der Waals surface area (Å²) >= 11 is 0. The molecule has 8 heteroatoms. The first-order valence-corrected chi connectivity index (χ1v) is 8.55. The minimum atomic E-state index is -0.774. The molecule has 1 amide bonds. The van der Waals surface area contributed by atoms with E-state index in [9.17, 15) is 9.90 Å². The Kier molecular flexibility index (Phi) is 6.07. The number of imidazole rings is 1. The molecule has 1 aromatic heterocycles. The number of H-pyrrole nitrogens is 1. The number of nitrogens with one attached hydrogen (secondary N) is 3. The summed E-state index contributed by atoms with van der Waals surface area (Å²) in [4.78, 5) is 21.7. The lowest BCUT2D eigenvalue weighted by atomic mass is 10.1. The van der Waals surface area contributed by atoms with Crippen molar-refractivity contribution in [1.29, 1.82) is 0 Å². The SMILES string of the molecule is C/C=C\CCC(NC(=O)OC(C)(C)C)c1nc2c([nH]1)CNC(O)N2C. The van der Waals surface area contributed by atoms with Gasteiger partial charge in [0.2, 0.25) is 0 Å². The molecule has 0 radical (unpaired) electrons. The van der Waals surface area contributed by atoms with Crippen molar-refractivity contribution in [3.63, 3.8) is 0 Å². The number of carbonyl (C=O) groups excluding carboxylic acids is 1. The summed E-state index contributed by atoms with van der Waals surface area (Å²) in [6.07, 6.45) is 4.27. The average Bonchev–Trinajstić information content (AvgIpc) is 2.93. The van der Waals surface area contributed by atoms with Crippen LogP contribution in [0.5, 0.6) is 0 Å². The van der Waals surface area contributed by atoms with Crippen LogP contribution in [0.4, 0.5) is 10.6 Å². The van der Waals surface area contributed by atoms with Gasteiger partial charge in [-0.05, 0) is 40.5 Å². The molecule has 1 aliphatic rings. The predicted octanol–water partition coefficient (Wildman–Crippen LogP) is 2.15. The maximum atomic E-state index is 12.2. The third-order valence-electron chi connectivity index (χ3n) is 3.82. The highest BCUT2D eigenvalue weighted by Gasteiger charge is 2.28. The van der Waals surface area contributed by atoms with Crippen molar-refractivity contribution in [2.75, 3.05) is 11.9 Å². The van der Waals surface area contributed by atoms with E-state index in [1.807, 2.05) is 39.8 Å². The van der Waals surface area contributed by atoms with E-state index in [2.05, 4.69) is 20.6 Å². The van der Waals surface area contributed by atoms with Gasteiger partial charge in [0.05, 0.1) is 11.7 Å². The van der Waals surface area contributed by atoms with Gasteiger partial charge in [0.25, 0.3) is 0 Å². The third-order valence-corrected chi connectivity index (χ3v) is 3.82. The smallest absolute Gasteiger partial charge is 0.408 e. The molecule has 0 aliphatic carbocycles. The van der Waals surface area contributed by atoms with Gasteiger partial charge in [0.1, 0.15) is 11.4 Å². The second-order valence-corrected chi connectivity index (χ2v) is 7.13. The highest BCUT2D eigenvalue weighted by molar-refractivity contribution is 5.68. The van der Waals surface area contributed by atoms with Crippen LogP contribution in [0.2, 0.25) is 0 Å². The fraction of sp³-hybridized carbons (Fsp3) is 0.647. The number of fused-ring (bicyclic) bond motifs is 1. The Labute approximate surface area is 148 Å². The number of ether oxygens (including phenoxy) is 1. The zero-order valence-electron chi connectivity index (χ0n) is 15.6. The summed E-state index contributed by atoms with van der Waals surface area (Å²) in [6.45, 7) is 7.94. The Hall–Kier alpha value is -2.06. The van der Waals surface area contributed by atoms with Crippen molar-refractivity contribution in [2.24, 2.45) is 0 Å². The molecule has 0 saturated carbocycles. The molecular weight excluding hydrogens is 322 g/mol. The van der Waals surface area contributed by atoms with Gasteiger partial charge in [-0.2, -0.15) is 0 Å². The summed E-state index contributed by atoms with van der Waals surface area (Å²) < 4.78 is 5.36. The van der Waals surface area contributed by atoms with Gasteiger partial charge < -0.3 is 25.0 Å². The van der Waals surface area contributed by atoms with Gasteiger partial charge in [-0.1, -0.05) is 12.2 Å². The van der Waals surface area contributed by atoms with Crippen LogP contribution in [0.15, 0.2) is 12.2 Å². The van der Waals surface area contributed by atoms with Crippen LogP contribution in [0, 0.1) is 0 Å². The van der Waals surface area contributed by atoms with E-state index < -0.39 is 18.0 Å². The second-order valence-electron chi connectivity index (χ2n) is 7.13. The number of nitrogens with zero attached hydrogens (tertiary/aromatic N) is 2. The van der Waals surface area contributed by atoms with Gasteiger partial charge in [-0.25, -0.2) is 9.78 Å². The van der Waals surface area contributed by atoms with Crippen molar-refractivity contribution in [3.05, 3.63) is 23.7 Å². The molecule has 1 aliphatic heterocycles. The molecule has 4 N–H and O–H groups in total.